The monoisotopic (exact) mass is 311 g/mol. The van der Waals surface area contributed by atoms with Crippen LogP contribution in [0.1, 0.15) is 16.8 Å². The van der Waals surface area contributed by atoms with Crippen LogP contribution in [0.5, 0.6) is 0 Å². The molecule has 1 aromatic heterocycles. The Labute approximate surface area is 133 Å². The zero-order valence-electron chi connectivity index (χ0n) is 12.8. The third kappa shape index (κ3) is 2.99. The lowest BCUT2D eigenvalue weighted by Crippen LogP contribution is -2.19. The predicted octanol–water partition coefficient (Wildman–Crippen LogP) is 3.53. The highest BCUT2D eigenvalue weighted by molar-refractivity contribution is 8.18. The van der Waals surface area contributed by atoms with Gasteiger partial charge in [-0.15, -0.1) is 0 Å². The molecule has 1 aliphatic rings. The van der Waals surface area contributed by atoms with Crippen LogP contribution in [0.3, 0.4) is 0 Å². The molecule has 0 atom stereocenters. The summed E-state index contributed by atoms with van der Waals surface area (Å²) in [6.45, 7) is 4.07. The molecule has 1 fully saturated rings. The second-order valence-electron chi connectivity index (χ2n) is 5.32. The van der Waals surface area contributed by atoms with Crippen molar-refractivity contribution in [3.05, 3.63) is 58.3 Å². The number of amides is 1. The van der Waals surface area contributed by atoms with Gasteiger partial charge in [-0.2, -0.15) is 0 Å². The van der Waals surface area contributed by atoms with Crippen molar-refractivity contribution in [2.75, 3.05) is 0 Å². The van der Waals surface area contributed by atoms with Crippen LogP contribution in [0.4, 0.5) is 5.69 Å². The molecular formula is C17H17N3OS. The molecule has 0 bridgehead atoms. The summed E-state index contributed by atoms with van der Waals surface area (Å²) in [6.07, 6.45) is 3.83. The topological polar surface area (TPSA) is 46.4 Å². The van der Waals surface area contributed by atoms with Gasteiger partial charge < -0.3 is 9.88 Å². The molecular weight excluding hydrogens is 294 g/mol. The number of nitrogens with one attached hydrogen (secondary N) is 1. The highest BCUT2D eigenvalue weighted by Gasteiger charge is 2.24. The van der Waals surface area contributed by atoms with E-state index in [4.69, 9.17) is 0 Å². The number of aromatic nitrogens is 1. The number of aliphatic imine (C=N–C) groups is 1. The molecule has 0 saturated carbocycles. The van der Waals surface area contributed by atoms with Crippen LogP contribution in [-0.2, 0) is 11.8 Å². The number of hydrogen-bond acceptors (Lipinski definition) is 3. The molecule has 0 spiro atoms. The lowest BCUT2D eigenvalue weighted by Gasteiger charge is -2.02. The SMILES string of the molecule is Cc1ccc(N=C2NC(=O)/C(=C\c3cccn3C)S2)c(C)c1. The fourth-order valence-electron chi connectivity index (χ4n) is 2.28. The Hall–Kier alpha value is -2.27. The van der Waals surface area contributed by atoms with Crippen LogP contribution >= 0.6 is 11.8 Å². The first kappa shape index (κ1) is 14.7. The van der Waals surface area contributed by atoms with Crippen molar-refractivity contribution in [2.45, 2.75) is 13.8 Å². The molecule has 2 heterocycles. The average molecular weight is 311 g/mol. The Kier molecular flexibility index (Phi) is 3.90. The Bertz CT molecular complexity index is 802. The summed E-state index contributed by atoms with van der Waals surface area (Å²) < 4.78 is 1.97. The molecule has 4 nitrogen and oxygen atoms in total. The summed E-state index contributed by atoms with van der Waals surface area (Å²) in [4.78, 5) is 17.3. The van der Waals surface area contributed by atoms with Crippen LogP contribution in [0.25, 0.3) is 6.08 Å². The van der Waals surface area contributed by atoms with Crippen LogP contribution in [0.15, 0.2) is 46.4 Å². The summed E-state index contributed by atoms with van der Waals surface area (Å²) in [5.74, 6) is -0.102. The van der Waals surface area contributed by atoms with Gasteiger partial charge in [0.25, 0.3) is 5.91 Å². The number of carbonyl (C=O) groups is 1. The standard InChI is InChI=1S/C17H17N3OS/c1-11-6-7-14(12(2)9-11)18-17-19-16(21)15(22-17)10-13-5-4-8-20(13)3/h4-10H,1-3H3,(H,18,19,21)/b15-10+. The minimum absolute atomic E-state index is 0.102. The molecule has 0 aliphatic carbocycles. The van der Waals surface area contributed by atoms with Crippen molar-refractivity contribution in [1.82, 2.24) is 9.88 Å². The van der Waals surface area contributed by atoms with Gasteiger partial charge in [0.2, 0.25) is 0 Å². The Morgan fingerprint density at radius 2 is 2.09 bits per heavy atom. The number of benzene rings is 1. The third-order valence-corrected chi connectivity index (χ3v) is 4.40. The van der Waals surface area contributed by atoms with Gasteiger partial charge >= 0.3 is 0 Å². The van der Waals surface area contributed by atoms with Crippen LogP contribution < -0.4 is 5.32 Å². The fraction of sp³-hybridized carbons (Fsp3) is 0.176. The van der Waals surface area contributed by atoms with E-state index in [1.165, 1.54) is 17.3 Å². The van der Waals surface area contributed by atoms with E-state index in [1.807, 2.05) is 55.1 Å². The third-order valence-electron chi connectivity index (χ3n) is 3.49. The normalized spacial score (nSPS) is 18.2. The first-order valence-electron chi connectivity index (χ1n) is 7.01. The molecule has 1 aliphatic heterocycles. The van der Waals surface area contributed by atoms with Gasteiger partial charge in [0, 0.05) is 18.9 Å². The molecule has 22 heavy (non-hydrogen) atoms. The molecule has 1 amide bonds. The quantitative estimate of drug-likeness (QED) is 0.862. The predicted molar refractivity (Wildman–Crippen MR) is 92.1 cm³/mol. The number of hydrogen-bond donors (Lipinski definition) is 1. The second kappa shape index (κ2) is 5.85. The summed E-state index contributed by atoms with van der Waals surface area (Å²) in [6, 6.07) is 10.0. The number of nitrogens with zero attached hydrogens (tertiary/aromatic N) is 2. The Balaban J connectivity index is 1.87. The van der Waals surface area contributed by atoms with Crippen molar-refractivity contribution in [3.8, 4) is 0 Å². The first-order valence-corrected chi connectivity index (χ1v) is 7.83. The number of aryl methyl sites for hydroxylation is 3. The average Bonchev–Trinajstić information content (AvgIpc) is 3.01. The molecule has 5 heteroatoms. The zero-order chi connectivity index (χ0) is 15.7. The molecule has 0 unspecified atom stereocenters. The Morgan fingerprint density at radius 3 is 2.77 bits per heavy atom. The van der Waals surface area contributed by atoms with E-state index >= 15 is 0 Å². The van der Waals surface area contributed by atoms with Crippen molar-refractivity contribution in [1.29, 1.82) is 0 Å². The van der Waals surface area contributed by atoms with Gasteiger partial charge in [0.15, 0.2) is 5.17 Å². The van der Waals surface area contributed by atoms with E-state index in [0.29, 0.717) is 10.1 Å². The number of thioether (sulfide) groups is 1. The lowest BCUT2D eigenvalue weighted by atomic mass is 10.1. The fourth-order valence-corrected chi connectivity index (χ4v) is 3.10. The van der Waals surface area contributed by atoms with Gasteiger partial charge in [0.05, 0.1) is 10.6 Å². The van der Waals surface area contributed by atoms with E-state index in [0.717, 1.165) is 16.9 Å². The zero-order valence-corrected chi connectivity index (χ0v) is 13.6. The van der Waals surface area contributed by atoms with E-state index in [1.54, 1.807) is 0 Å². The molecule has 112 valence electrons. The maximum Gasteiger partial charge on any atom is 0.264 e. The molecule has 1 N–H and O–H groups in total. The van der Waals surface area contributed by atoms with E-state index in [9.17, 15) is 4.79 Å². The van der Waals surface area contributed by atoms with Gasteiger partial charge in [-0.25, -0.2) is 4.99 Å². The van der Waals surface area contributed by atoms with Crippen LogP contribution in [0, 0.1) is 13.8 Å². The van der Waals surface area contributed by atoms with Crippen molar-refractivity contribution in [2.24, 2.45) is 12.0 Å². The minimum Gasteiger partial charge on any atom is -0.351 e. The number of amidine groups is 1. The maximum absolute atomic E-state index is 12.1. The lowest BCUT2D eigenvalue weighted by molar-refractivity contribution is -0.115. The number of carbonyl (C=O) groups excluding carboxylic acids is 1. The summed E-state index contributed by atoms with van der Waals surface area (Å²) in [5.41, 5.74) is 4.18. The summed E-state index contributed by atoms with van der Waals surface area (Å²) in [7, 11) is 1.95. The molecule has 3 rings (SSSR count). The van der Waals surface area contributed by atoms with Gasteiger partial charge in [0.1, 0.15) is 0 Å². The van der Waals surface area contributed by atoms with Crippen LogP contribution in [0.2, 0.25) is 0 Å². The largest absolute Gasteiger partial charge is 0.351 e. The minimum atomic E-state index is -0.102. The van der Waals surface area contributed by atoms with E-state index in [-0.39, 0.29) is 5.91 Å². The van der Waals surface area contributed by atoms with Crippen molar-refractivity contribution >= 4 is 34.6 Å². The van der Waals surface area contributed by atoms with Crippen molar-refractivity contribution < 1.29 is 4.79 Å². The summed E-state index contributed by atoms with van der Waals surface area (Å²) >= 11 is 1.37. The smallest absolute Gasteiger partial charge is 0.264 e. The molecule has 1 saturated heterocycles. The maximum atomic E-state index is 12.1. The molecule has 1 aromatic carbocycles. The van der Waals surface area contributed by atoms with E-state index < -0.39 is 0 Å². The molecule has 2 aromatic rings. The summed E-state index contributed by atoms with van der Waals surface area (Å²) in [5, 5.41) is 3.45. The van der Waals surface area contributed by atoms with Crippen LogP contribution in [-0.4, -0.2) is 15.6 Å². The first-order chi connectivity index (χ1) is 10.5. The number of rotatable bonds is 2. The van der Waals surface area contributed by atoms with Gasteiger partial charge in [-0.1, -0.05) is 17.7 Å². The second-order valence-corrected chi connectivity index (χ2v) is 6.35. The highest BCUT2D eigenvalue weighted by atomic mass is 32.2. The van der Waals surface area contributed by atoms with Gasteiger partial charge in [-0.05, 0) is 55.4 Å². The highest BCUT2D eigenvalue weighted by Crippen LogP contribution is 2.29. The Morgan fingerprint density at radius 1 is 1.27 bits per heavy atom. The van der Waals surface area contributed by atoms with Gasteiger partial charge in [-0.3, -0.25) is 4.79 Å². The molecule has 0 radical (unpaired) electrons. The van der Waals surface area contributed by atoms with E-state index in [2.05, 4.69) is 23.3 Å². The van der Waals surface area contributed by atoms with Crippen molar-refractivity contribution in [3.63, 3.8) is 0 Å².